The number of rotatable bonds is 4. The molecule has 0 bridgehead atoms. The summed E-state index contributed by atoms with van der Waals surface area (Å²) in [7, 11) is 3.11. The zero-order chi connectivity index (χ0) is 20.0. The maximum Gasteiger partial charge on any atom is 0.321 e. The second kappa shape index (κ2) is 6.87. The molecule has 28 heavy (non-hydrogen) atoms. The number of fused-ring (bicyclic) bond motifs is 2. The first-order valence-electron chi connectivity index (χ1n) is 9.04. The van der Waals surface area contributed by atoms with Crippen LogP contribution in [0.3, 0.4) is 0 Å². The quantitative estimate of drug-likeness (QED) is 0.497. The van der Waals surface area contributed by atoms with Gasteiger partial charge in [0.15, 0.2) is 0 Å². The zero-order valence-electron chi connectivity index (χ0n) is 16.0. The molecule has 0 aliphatic carbocycles. The highest BCUT2D eigenvalue weighted by molar-refractivity contribution is 5.85. The largest absolute Gasteiger partial charge is 0.497 e. The SMILES string of the molecule is C=C(C)C1Cc2c(cc3c(c2OC)C(O)C(c2ccc(OC)cc2)C(=O)O3)O1. The van der Waals surface area contributed by atoms with Gasteiger partial charge >= 0.3 is 5.97 Å². The number of ether oxygens (including phenoxy) is 4. The summed E-state index contributed by atoms with van der Waals surface area (Å²) in [5.74, 6) is 0.633. The predicted molar refractivity (Wildman–Crippen MR) is 102 cm³/mol. The van der Waals surface area contributed by atoms with E-state index in [1.54, 1.807) is 37.4 Å². The molecule has 0 aromatic heterocycles. The molecule has 3 atom stereocenters. The van der Waals surface area contributed by atoms with Gasteiger partial charge in [-0.15, -0.1) is 0 Å². The van der Waals surface area contributed by atoms with Gasteiger partial charge in [-0.2, -0.15) is 0 Å². The Bertz CT molecular complexity index is 946. The van der Waals surface area contributed by atoms with Crippen molar-refractivity contribution in [2.24, 2.45) is 0 Å². The van der Waals surface area contributed by atoms with E-state index in [0.29, 0.717) is 34.8 Å². The predicted octanol–water partition coefficient (Wildman–Crippen LogP) is 3.32. The van der Waals surface area contributed by atoms with E-state index < -0.39 is 18.0 Å². The number of carbonyl (C=O) groups is 1. The molecule has 2 aromatic rings. The molecule has 2 aliphatic rings. The first-order valence-corrected chi connectivity index (χ1v) is 9.04. The third-order valence-corrected chi connectivity index (χ3v) is 5.31. The van der Waals surface area contributed by atoms with Crippen LogP contribution in [0, 0.1) is 0 Å². The van der Waals surface area contributed by atoms with E-state index in [1.807, 2.05) is 6.92 Å². The number of aliphatic hydroxyl groups is 1. The van der Waals surface area contributed by atoms with Crippen LogP contribution in [0.1, 0.15) is 35.6 Å². The summed E-state index contributed by atoms with van der Waals surface area (Å²) in [5.41, 5.74) is 2.85. The van der Waals surface area contributed by atoms with E-state index in [0.717, 1.165) is 11.1 Å². The van der Waals surface area contributed by atoms with Crippen molar-refractivity contribution in [1.29, 1.82) is 0 Å². The van der Waals surface area contributed by atoms with Crippen molar-refractivity contribution in [3.63, 3.8) is 0 Å². The Morgan fingerprint density at radius 1 is 1.18 bits per heavy atom. The molecule has 2 aromatic carbocycles. The normalized spacial score (nSPS) is 22.6. The summed E-state index contributed by atoms with van der Waals surface area (Å²) in [6, 6.07) is 8.64. The third kappa shape index (κ3) is 2.81. The van der Waals surface area contributed by atoms with Crippen LogP contribution in [-0.2, 0) is 11.2 Å². The van der Waals surface area contributed by atoms with E-state index in [2.05, 4.69) is 6.58 Å². The number of carbonyl (C=O) groups excluding carboxylic acids is 1. The monoisotopic (exact) mass is 382 g/mol. The van der Waals surface area contributed by atoms with E-state index in [9.17, 15) is 9.90 Å². The molecule has 0 saturated heterocycles. The van der Waals surface area contributed by atoms with Crippen molar-refractivity contribution >= 4 is 5.97 Å². The molecular weight excluding hydrogens is 360 g/mol. The lowest BCUT2D eigenvalue weighted by molar-refractivity contribution is -0.141. The van der Waals surface area contributed by atoms with Crippen LogP contribution in [0.25, 0.3) is 0 Å². The Hall–Kier alpha value is -2.99. The molecule has 146 valence electrons. The Morgan fingerprint density at radius 3 is 2.50 bits per heavy atom. The summed E-state index contributed by atoms with van der Waals surface area (Å²) in [5, 5.41) is 11.1. The van der Waals surface area contributed by atoms with E-state index >= 15 is 0 Å². The van der Waals surface area contributed by atoms with Gasteiger partial charge in [-0.3, -0.25) is 4.79 Å². The van der Waals surface area contributed by atoms with Crippen molar-refractivity contribution in [2.45, 2.75) is 31.5 Å². The van der Waals surface area contributed by atoms with Gasteiger partial charge in [-0.25, -0.2) is 0 Å². The van der Waals surface area contributed by atoms with Crippen molar-refractivity contribution in [3.05, 3.63) is 59.2 Å². The Kier molecular flexibility index (Phi) is 4.51. The number of benzene rings is 2. The molecular formula is C22H22O6. The minimum Gasteiger partial charge on any atom is -0.497 e. The highest BCUT2D eigenvalue weighted by atomic mass is 16.5. The Balaban J connectivity index is 1.78. The van der Waals surface area contributed by atoms with Crippen LogP contribution in [-0.4, -0.2) is 31.4 Å². The summed E-state index contributed by atoms with van der Waals surface area (Å²) >= 11 is 0. The van der Waals surface area contributed by atoms with Gasteiger partial charge in [0.1, 0.15) is 41.1 Å². The molecule has 4 rings (SSSR count). The molecule has 2 aliphatic heterocycles. The molecule has 3 unspecified atom stereocenters. The lowest BCUT2D eigenvalue weighted by atomic mass is 9.85. The highest BCUT2D eigenvalue weighted by Gasteiger charge is 2.43. The van der Waals surface area contributed by atoms with E-state index in [4.69, 9.17) is 18.9 Å². The minimum atomic E-state index is -1.10. The summed E-state index contributed by atoms with van der Waals surface area (Å²) in [4.78, 5) is 12.7. The molecule has 0 amide bonds. The highest BCUT2D eigenvalue weighted by Crippen LogP contribution is 2.52. The molecule has 2 heterocycles. The Morgan fingerprint density at radius 2 is 1.89 bits per heavy atom. The van der Waals surface area contributed by atoms with Gasteiger partial charge in [0.05, 0.1) is 19.8 Å². The number of esters is 1. The second-order valence-electron chi connectivity index (χ2n) is 7.07. The lowest BCUT2D eigenvalue weighted by Gasteiger charge is -2.30. The second-order valence-corrected chi connectivity index (χ2v) is 7.07. The maximum absolute atomic E-state index is 12.7. The maximum atomic E-state index is 12.7. The van der Waals surface area contributed by atoms with Gasteiger partial charge in [-0.1, -0.05) is 18.7 Å². The van der Waals surface area contributed by atoms with Gasteiger partial charge in [0.25, 0.3) is 0 Å². The summed E-state index contributed by atoms with van der Waals surface area (Å²) < 4.78 is 22.3. The number of aliphatic hydroxyl groups excluding tert-OH is 1. The van der Waals surface area contributed by atoms with Gasteiger partial charge in [0, 0.05) is 18.1 Å². The van der Waals surface area contributed by atoms with Crippen LogP contribution in [0.5, 0.6) is 23.0 Å². The Labute approximate surface area is 163 Å². The molecule has 0 saturated carbocycles. The fourth-order valence-electron chi connectivity index (χ4n) is 3.82. The molecule has 1 N–H and O–H groups in total. The van der Waals surface area contributed by atoms with Crippen molar-refractivity contribution in [3.8, 4) is 23.0 Å². The molecule has 6 nitrogen and oxygen atoms in total. The van der Waals surface area contributed by atoms with Crippen LogP contribution < -0.4 is 18.9 Å². The van der Waals surface area contributed by atoms with E-state index in [-0.39, 0.29) is 11.9 Å². The van der Waals surface area contributed by atoms with Crippen LogP contribution in [0.15, 0.2) is 42.5 Å². The molecule has 0 spiro atoms. The van der Waals surface area contributed by atoms with Crippen LogP contribution in [0.4, 0.5) is 0 Å². The van der Waals surface area contributed by atoms with Crippen LogP contribution in [0.2, 0.25) is 0 Å². The van der Waals surface area contributed by atoms with Gasteiger partial charge in [-0.05, 0) is 30.2 Å². The van der Waals surface area contributed by atoms with Crippen molar-refractivity contribution in [1.82, 2.24) is 0 Å². The van der Waals surface area contributed by atoms with E-state index in [1.165, 1.54) is 7.11 Å². The summed E-state index contributed by atoms with van der Waals surface area (Å²) in [6.07, 6.45) is -0.679. The first-order chi connectivity index (χ1) is 13.4. The van der Waals surface area contributed by atoms with Crippen molar-refractivity contribution < 1.29 is 28.8 Å². The average molecular weight is 382 g/mol. The third-order valence-electron chi connectivity index (χ3n) is 5.31. The fourth-order valence-corrected chi connectivity index (χ4v) is 3.82. The number of hydrogen-bond donors (Lipinski definition) is 1. The number of methoxy groups -OCH3 is 2. The summed E-state index contributed by atoms with van der Waals surface area (Å²) in [6.45, 7) is 5.86. The molecule has 0 fully saturated rings. The average Bonchev–Trinajstić information content (AvgIpc) is 3.11. The molecule has 0 radical (unpaired) electrons. The number of hydrogen-bond acceptors (Lipinski definition) is 6. The lowest BCUT2D eigenvalue weighted by Crippen LogP contribution is -2.30. The first kappa shape index (κ1) is 18.4. The minimum absolute atomic E-state index is 0.169. The van der Waals surface area contributed by atoms with Gasteiger partial charge in [0.2, 0.25) is 0 Å². The zero-order valence-corrected chi connectivity index (χ0v) is 16.0. The fraction of sp³-hybridized carbons (Fsp3) is 0.318. The van der Waals surface area contributed by atoms with Gasteiger partial charge < -0.3 is 24.1 Å². The van der Waals surface area contributed by atoms with Crippen molar-refractivity contribution in [2.75, 3.05) is 14.2 Å². The smallest absolute Gasteiger partial charge is 0.321 e. The topological polar surface area (TPSA) is 74.2 Å². The molecule has 6 heteroatoms. The van der Waals surface area contributed by atoms with Crippen LogP contribution >= 0.6 is 0 Å². The standard InChI is InChI=1S/C22H22O6/c1-11(2)15-9-14-16(27-15)10-17-19(21(14)26-4)20(23)18(22(24)28-17)12-5-7-13(25-3)8-6-12/h5-8,10,15,18,20,23H,1,9H2,2-4H3.